The summed E-state index contributed by atoms with van der Waals surface area (Å²) in [4.78, 5) is 17.7. The van der Waals surface area contributed by atoms with Gasteiger partial charge in [0.2, 0.25) is 5.91 Å². The Morgan fingerprint density at radius 2 is 2.18 bits per heavy atom. The van der Waals surface area contributed by atoms with Crippen molar-refractivity contribution in [1.82, 2.24) is 4.98 Å². The zero-order valence-corrected chi connectivity index (χ0v) is 13.9. The van der Waals surface area contributed by atoms with Gasteiger partial charge < -0.3 is 5.32 Å². The predicted octanol–water partition coefficient (Wildman–Crippen LogP) is 5.07. The molecule has 0 saturated heterocycles. The van der Waals surface area contributed by atoms with E-state index in [1.165, 1.54) is 11.3 Å². The van der Waals surface area contributed by atoms with Crippen molar-refractivity contribution in [3.63, 3.8) is 0 Å². The van der Waals surface area contributed by atoms with Crippen LogP contribution in [0.15, 0.2) is 36.4 Å². The minimum absolute atomic E-state index is 0.0351. The number of nitrogens with one attached hydrogen (secondary N) is 1. The Balaban J connectivity index is 1.70. The van der Waals surface area contributed by atoms with Crippen molar-refractivity contribution in [3.05, 3.63) is 46.3 Å². The van der Waals surface area contributed by atoms with E-state index in [0.717, 1.165) is 29.0 Å². The van der Waals surface area contributed by atoms with Crippen LogP contribution in [0.2, 0.25) is 5.02 Å². The molecule has 1 aliphatic rings. The van der Waals surface area contributed by atoms with Crippen molar-refractivity contribution in [2.75, 3.05) is 5.32 Å². The van der Waals surface area contributed by atoms with Gasteiger partial charge in [0, 0.05) is 21.9 Å². The van der Waals surface area contributed by atoms with Gasteiger partial charge in [-0.2, -0.15) is 0 Å². The molecule has 5 heteroatoms. The van der Waals surface area contributed by atoms with Crippen LogP contribution in [0.3, 0.4) is 0 Å². The number of anilines is 1. The van der Waals surface area contributed by atoms with Crippen molar-refractivity contribution >= 4 is 34.0 Å². The average molecular weight is 333 g/mol. The SMILES string of the molecule is Cc1sc(NC(=O)CC2C=CCC2)nc1-c1ccc(Cl)cc1. The summed E-state index contributed by atoms with van der Waals surface area (Å²) in [7, 11) is 0. The first-order chi connectivity index (χ1) is 10.6. The van der Waals surface area contributed by atoms with Gasteiger partial charge in [-0.3, -0.25) is 4.79 Å². The lowest BCUT2D eigenvalue weighted by atomic mass is 10.1. The lowest BCUT2D eigenvalue weighted by Crippen LogP contribution is -2.14. The van der Waals surface area contributed by atoms with Gasteiger partial charge >= 0.3 is 0 Å². The highest BCUT2D eigenvalue weighted by molar-refractivity contribution is 7.16. The third kappa shape index (κ3) is 3.57. The summed E-state index contributed by atoms with van der Waals surface area (Å²) in [5, 5.41) is 4.28. The highest BCUT2D eigenvalue weighted by Crippen LogP contribution is 2.31. The zero-order chi connectivity index (χ0) is 15.5. The van der Waals surface area contributed by atoms with Gasteiger partial charge in [-0.05, 0) is 37.8 Å². The van der Waals surface area contributed by atoms with E-state index in [2.05, 4.69) is 22.5 Å². The number of hydrogen-bond acceptors (Lipinski definition) is 3. The molecule has 0 saturated carbocycles. The van der Waals surface area contributed by atoms with Crippen LogP contribution < -0.4 is 5.32 Å². The maximum atomic E-state index is 12.1. The maximum absolute atomic E-state index is 12.1. The molecule has 1 heterocycles. The first-order valence-corrected chi connectivity index (χ1v) is 8.51. The zero-order valence-electron chi connectivity index (χ0n) is 12.3. The summed E-state index contributed by atoms with van der Waals surface area (Å²) >= 11 is 7.42. The molecule has 0 aliphatic heterocycles. The summed E-state index contributed by atoms with van der Waals surface area (Å²) in [5.41, 5.74) is 1.91. The predicted molar refractivity (Wildman–Crippen MR) is 92.4 cm³/mol. The normalized spacial score (nSPS) is 16.9. The quantitative estimate of drug-likeness (QED) is 0.794. The fraction of sp³-hybridized carbons (Fsp3) is 0.294. The number of carbonyl (C=O) groups excluding carboxylic acids is 1. The monoisotopic (exact) mass is 332 g/mol. The number of rotatable bonds is 4. The maximum Gasteiger partial charge on any atom is 0.226 e. The summed E-state index contributed by atoms with van der Waals surface area (Å²) < 4.78 is 0. The molecule has 0 spiro atoms. The van der Waals surface area contributed by atoms with Crippen LogP contribution in [-0.4, -0.2) is 10.9 Å². The largest absolute Gasteiger partial charge is 0.302 e. The topological polar surface area (TPSA) is 42.0 Å². The number of aromatic nitrogens is 1. The first-order valence-electron chi connectivity index (χ1n) is 7.31. The average Bonchev–Trinajstić information content (AvgIpc) is 3.10. The standard InChI is InChI=1S/C17H17ClN2OS/c1-11-16(13-6-8-14(18)9-7-13)20-17(22-11)19-15(21)10-12-4-2-3-5-12/h2,4,6-9,12H,3,5,10H2,1H3,(H,19,20,21). The summed E-state index contributed by atoms with van der Waals surface area (Å²) in [5.74, 6) is 0.407. The molecule has 1 aliphatic carbocycles. The highest BCUT2D eigenvalue weighted by Gasteiger charge is 2.16. The Hall–Kier alpha value is -1.65. The number of benzene rings is 1. The Kier molecular flexibility index (Phi) is 4.60. The van der Waals surface area contributed by atoms with Crippen LogP contribution in [-0.2, 0) is 4.79 Å². The lowest BCUT2D eigenvalue weighted by Gasteiger charge is -2.06. The van der Waals surface area contributed by atoms with Crippen LogP contribution in [0.4, 0.5) is 5.13 Å². The second-order valence-corrected chi connectivity index (χ2v) is 7.09. The van der Waals surface area contributed by atoms with Gasteiger partial charge in [0.05, 0.1) is 5.69 Å². The molecular formula is C17H17ClN2OS. The molecule has 0 fully saturated rings. The van der Waals surface area contributed by atoms with Gasteiger partial charge in [0.25, 0.3) is 0 Å². The molecular weight excluding hydrogens is 316 g/mol. The molecule has 0 bridgehead atoms. The minimum Gasteiger partial charge on any atom is -0.302 e. The Bertz CT molecular complexity index is 706. The number of amides is 1. The fourth-order valence-electron chi connectivity index (χ4n) is 2.60. The number of thiazole rings is 1. The van der Waals surface area contributed by atoms with Crippen molar-refractivity contribution in [2.45, 2.75) is 26.2 Å². The Labute approximate surface area is 139 Å². The summed E-state index contributed by atoms with van der Waals surface area (Å²) in [6.07, 6.45) is 6.96. The molecule has 1 aromatic heterocycles. The molecule has 2 aromatic rings. The van der Waals surface area contributed by atoms with Gasteiger partial charge in [-0.25, -0.2) is 4.98 Å². The molecule has 1 atom stereocenters. The van der Waals surface area contributed by atoms with Crippen LogP contribution in [0.25, 0.3) is 11.3 Å². The van der Waals surface area contributed by atoms with Gasteiger partial charge in [0.15, 0.2) is 5.13 Å². The summed E-state index contributed by atoms with van der Waals surface area (Å²) in [6.45, 7) is 2.01. The van der Waals surface area contributed by atoms with Crippen LogP contribution in [0.5, 0.6) is 0 Å². The van der Waals surface area contributed by atoms with Crippen molar-refractivity contribution in [1.29, 1.82) is 0 Å². The van der Waals surface area contributed by atoms with Crippen LogP contribution in [0.1, 0.15) is 24.1 Å². The lowest BCUT2D eigenvalue weighted by molar-refractivity contribution is -0.116. The fourth-order valence-corrected chi connectivity index (χ4v) is 3.58. The number of halogens is 1. The number of nitrogens with zero attached hydrogens (tertiary/aromatic N) is 1. The van der Waals surface area contributed by atoms with E-state index in [0.29, 0.717) is 22.5 Å². The van der Waals surface area contributed by atoms with E-state index in [-0.39, 0.29) is 5.91 Å². The van der Waals surface area contributed by atoms with Gasteiger partial charge in [-0.15, -0.1) is 11.3 Å². The highest BCUT2D eigenvalue weighted by atomic mass is 35.5. The van der Waals surface area contributed by atoms with Gasteiger partial charge in [-0.1, -0.05) is 35.9 Å². The van der Waals surface area contributed by atoms with E-state index in [1.807, 2.05) is 31.2 Å². The van der Waals surface area contributed by atoms with E-state index >= 15 is 0 Å². The van der Waals surface area contributed by atoms with Crippen molar-refractivity contribution < 1.29 is 4.79 Å². The molecule has 1 aromatic carbocycles. The van der Waals surface area contributed by atoms with Crippen LogP contribution >= 0.6 is 22.9 Å². The van der Waals surface area contributed by atoms with Gasteiger partial charge in [0.1, 0.15) is 0 Å². The molecule has 0 radical (unpaired) electrons. The molecule has 3 nitrogen and oxygen atoms in total. The van der Waals surface area contributed by atoms with Crippen molar-refractivity contribution in [3.8, 4) is 11.3 Å². The number of hydrogen-bond donors (Lipinski definition) is 1. The molecule has 114 valence electrons. The molecule has 3 rings (SSSR count). The third-order valence-electron chi connectivity index (χ3n) is 3.72. The Morgan fingerprint density at radius 3 is 2.86 bits per heavy atom. The van der Waals surface area contributed by atoms with E-state index in [4.69, 9.17) is 11.6 Å². The van der Waals surface area contributed by atoms with E-state index in [1.54, 1.807) is 0 Å². The second-order valence-electron chi connectivity index (χ2n) is 5.45. The Morgan fingerprint density at radius 1 is 1.41 bits per heavy atom. The second kappa shape index (κ2) is 6.63. The van der Waals surface area contributed by atoms with Crippen molar-refractivity contribution in [2.24, 2.45) is 5.92 Å². The van der Waals surface area contributed by atoms with E-state index in [9.17, 15) is 4.79 Å². The molecule has 22 heavy (non-hydrogen) atoms. The number of carbonyl (C=O) groups is 1. The molecule has 1 N–H and O–H groups in total. The molecule has 1 amide bonds. The minimum atomic E-state index is 0.0351. The summed E-state index contributed by atoms with van der Waals surface area (Å²) in [6, 6.07) is 7.58. The smallest absolute Gasteiger partial charge is 0.226 e. The van der Waals surface area contributed by atoms with E-state index < -0.39 is 0 Å². The third-order valence-corrected chi connectivity index (χ3v) is 4.86. The number of aryl methyl sites for hydroxylation is 1. The first kappa shape index (κ1) is 15.3. The number of allylic oxidation sites excluding steroid dienone is 2. The molecule has 1 unspecified atom stereocenters. The van der Waals surface area contributed by atoms with Crippen LogP contribution in [0, 0.1) is 12.8 Å².